The largest absolute Gasteiger partial charge is 0.432 e. The first kappa shape index (κ1) is 32.8. The molecular formula is C29H29F9O5. The highest BCUT2D eigenvalue weighted by Gasteiger charge is 2.47. The molecule has 0 unspecified atom stereocenters. The zero-order valence-electron chi connectivity index (χ0n) is 22.9. The van der Waals surface area contributed by atoms with Crippen LogP contribution < -0.4 is 14.2 Å². The lowest BCUT2D eigenvalue weighted by Gasteiger charge is -2.39. The summed E-state index contributed by atoms with van der Waals surface area (Å²) in [6.07, 6.45) is -9.04. The molecule has 4 rings (SSSR count). The fourth-order valence-corrected chi connectivity index (χ4v) is 5.18. The van der Waals surface area contributed by atoms with Gasteiger partial charge in [-0.2, -0.15) is 30.7 Å². The van der Waals surface area contributed by atoms with Crippen LogP contribution in [0.4, 0.5) is 39.5 Å². The summed E-state index contributed by atoms with van der Waals surface area (Å²) >= 11 is 0. The molecule has 5 nitrogen and oxygen atoms in total. The first-order chi connectivity index (χ1) is 20.3. The molecule has 0 spiro atoms. The highest BCUT2D eigenvalue weighted by Crippen LogP contribution is 2.43. The number of benzene rings is 2. The SMILES string of the molecule is CCCC1COC(C2CCC(C(F)(F)Oc3cc(F)c(C(F)(F)Oc4ccc(OC(F)=C(F)F)cc4)c(F)c3)CC2)OC1. The van der Waals surface area contributed by atoms with Gasteiger partial charge in [0, 0.05) is 24.0 Å². The van der Waals surface area contributed by atoms with Gasteiger partial charge in [0.25, 0.3) is 0 Å². The van der Waals surface area contributed by atoms with Crippen LogP contribution in [0.2, 0.25) is 0 Å². The van der Waals surface area contributed by atoms with E-state index < -0.39 is 71.0 Å². The molecule has 14 heteroatoms. The van der Waals surface area contributed by atoms with E-state index in [1.54, 1.807) is 0 Å². The predicted octanol–water partition coefficient (Wildman–Crippen LogP) is 9.07. The van der Waals surface area contributed by atoms with Gasteiger partial charge in [0.15, 0.2) is 6.29 Å². The van der Waals surface area contributed by atoms with Crippen LogP contribution >= 0.6 is 0 Å². The van der Waals surface area contributed by atoms with Gasteiger partial charge in [-0.15, -0.1) is 0 Å². The number of ether oxygens (including phenoxy) is 5. The summed E-state index contributed by atoms with van der Waals surface area (Å²) in [6, 6.07) is 1.23. The minimum atomic E-state index is -4.65. The van der Waals surface area contributed by atoms with Crippen molar-refractivity contribution in [2.75, 3.05) is 13.2 Å². The molecule has 0 radical (unpaired) electrons. The first-order valence-electron chi connectivity index (χ1n) is 13.6. The summed E-state index contributed by atoms with van der Waals surface area (Å²) in [5.74, 6) is -7.14. The molecule has 1 heterocycles. The van der Waals surface area contributed by atoms with Crippen LogP contribution in [0.25, 0.3) is 0 Å². The quantitative estimate of drug-likeness (QED) is 0.184. The van der Waals surface area contributed by atoms with Gasteiger partial charge in [0.2, 0.25) is 0 Å². The minimum Gasteiger partial charge on any atom is -0.432 e. The summed E-state index contributed by atoms with van der Waals surface area (Å²) < 4.78 is 150. The second-order valence-electron chi connectivity index (χ2n) is 10.5. The van der Waals surface area contributed by atoms with E-state index in [0.717, 1.165) is 37.1 Å². The maximum absolute atomic E-state index is 15.0. The van der Waals surface area contributed by atoms with Gasteiger partial charge >= 0.3 is 24.3 Å². The van der Waals surface area contributed by atoms with Crippen molar-refractivity contribution in [3.63, 3.8) is 0 Å². The van der Waals surface area contributed by atoms with Gasteiger partial charge in [-0.1, -0.05) is 13.3 Å². The molecule has 0 aromatic heterocycles. The molecule has 2 aromatic carbocycles. The van der Waals surface area contributed by atoms with Gasteiger partial charge in [0.1, 0.15) is 34.4 Å². The summed E-state index contributed by atoms with van der Waals surface area (Å²) in [4.78, 5) is 0. The molecule has 0 amide bonds. The van der Waals surface area contributed by atoms with E-state index in [-0.39, 0.29) is 30.9 Å². The number of hydrogen-bond acceptors (Lipinski definition) is 5. The molecular weight excluding hydrogens is 599 g/mol. The Balaban J connectivity index is 1.36. The Morgan fingerprint density at radius 1 is 0.814 bits per heavy atom. The average molecular weight is 629 g/mol. The third-order valence-corrected chi connectivity index (χ3v) is 7.31. The second kappa shape index (κ2) is 13.7. The van der Waals surface area contributed by atoms with Crippen molar-refractivity contribution < 1.29 is 63.2 Å². The Kier molecular flexibility index (Phi) is 10.4. The Morgan fingerprint density at radius 2 is 1.37 bits per heavy atom. The number of alkyl halides is 4. The summed E-state index contributed by atoms with van der Waals surface area (Å²) in [6.45, 7) is 3.14. The zero-order valence-corrected chi connectivity index (χ0v) is 22.9. The first-order valence-corrected chi connectivity index (χ1v) is 13.6. The van der Waals surface area contributed by atoms with Gasteiger partial charge in [-0.25, -0.2) is 8.78 Å². The third kappa shape index (κ3) is 8.28. The summed E-state index contributed by atoms with van der Waals surface area (Å²) in [7, 11) is 0. The molecule has 2 aliphatic rings. The van der Waals surface area contributed by atoms with Gasteiger partial charge in [-0.3, -0.25) is 0 Å². The predicted molar refractivity (Wildman–Crippen MR) is 133 cm³/mol. The normalized spacial score (nSPS) is 23.0. The molecule has 1 saturated heterocycles. The molecule has 0 N–H and O–H groups in total. The molecule has 0 bridgehead atoms. The van der Waals surface area contributed by atoms with Crippen LogP contribution in [0.15, 0.2) is 48.5 Å². The standard InChI is InChI=1S/C29H29F9O5/c1-2-3-16-14-39-27(40-15-16)17-4-6-18(7-5-17)28(35,36)43-21-12-22(30)24(23(31)13-21)29(37,38)42-20-10-8-19(9-11-20)41-26(34)25(32)33/h8-13,16-18,27H,2-7,14-15H2,1H3. The zero-order chi connectivity index (χ0) is 31.4. The van der Waals surface area contributed by atoms with Crippen molar-refractivity contribution >= 4 is 0 Å². The maximum Gasteiger partial charge on any atom is 0.432 e. The Labute approximate surface area is 241 Å². The van der Waals surface area contributed by atoms with Crippen LogP contribution in [0, 0.1) is 29.4 Å². The van der Waals surface area contributed by atoms with Crippen LogP contribution in [0.5, 0.6) is 17.2 Å². The third-order valence-electron chi connectivity index (χ3n) is 7.31. The minimum absolute atomic E-state index is 0.0176. The number of hydrogen-bond donors (Lipinski definition) is 0. The Bertz CT molecular complexity index is 1230. The molecule has 1 aliphatic heterocycles. The van der Waals surface area contributed by atoms with E-state index >= 15 is 0 Å². The van der Waals surface area contributed by atoms with Crippen LogP contribution in [-0.4, -0.2) is 25.6 Å². The van der Waals surface area contributed by atoms with Gasteiger partial charge in [0.05, 0.1) is 19.1 Å². The lowest BCUT2D eigenvalue weighted by atomic mass is 9.80. The topological polar surface area (TPSA) is 46.2 Å². The molecule has 2 aromatic rings. The fraction of sp³-hybridized carbons (Fsp3) is 0.517. The van der Waals surface area contributed by atoms with E-state index in [0.29, 0.717) is 32.0 Å². The van der Waals surface area contributed by atoms with Crippen molar-refractivity contribution in [1.82, 2.24) is 0 Å². The van der Waals surface area contributed by atoms with E-state index in [4.69, 9.17) is 9.47 Å². The average Bonchev–Trinajstić information content (AvgIpc) is 2.94. The fourth-order valence-electron chi connectivity index (χ4n) is 5.18. The summed E-state index contributed by atoms with van der Waals surface area (Å²) in [5.41, 5.74) is -1.88. The molecule has 238 valence electrons. The van der Waals surface area contributed by atoms with Crippen molar-refractivity contribution in [3.05, 3.63) is 65.7 Å². The Morgan fingerprint density at radius 3 is 1.91 bits per heavy atom. The Hall–Kier alpha value is -3.13. The monoisotopic (exact) mass is 628 g/mol. The van der Waals surface area contributed by atoms with Crippen molar-refractivity contribution in [1.29, 1.82) is 0 Å². The van der Waals surface area contributed by atoms with Crippen molar-refractivity contribution in [3.8, 4) is 17.2 Å². The maximum atomic E-state index is 15.0. The lowest BCUT2D eigenvalue weighted by molar-refractivity contribution is -0.247. The van der Waals surface area contributed by atoms with E-state index in [2.05, 4.69) is 21.1 Å². The number of rotatable bonds is 11. The molecule has 43 heavy (non-hydrogen) atoms. The smallest absolute Gasteiger partial charge is 0.432 e. The molecule has 2 fully saturated rings. The van der Waals surface area contributed by atoms with Crippen LogP contribution in [0.1, 0.15) is 51.0 Å². The van der Waals surface area contributed by atoms with E-state index in [1.807, 2.05) is 0 Å². The van der Waals surface area contributed by atoms with Crippen LogP contribution in [0.3, 0.4) is 0 Å². The van der Waals surface area contributed by atoms with Crippen molar-refractivity contribution in [2.24, 2.45) is 17.8 Å². The molecule has 1 aliphatic carbocycles. The highest BCUT2D eigenvalue weighted by atomic mass is 19.3. The molecule has 0 atom stereocenters. The lowest BCUT2D eigenvalue weighted by Crippen LogP contribution is -2.42. The van der Waals surface area contributed by atoms with Gasteiger partial charge < -0.3 is 23.7 Å². The molecule has 1 saturated carbocycles. The number of halogens is 9. The highest BCUT2D eigenvalue weighted by molar-refractivity contribution is 5.35. The van der Waals surface area contributed by atoms with E-state index in [9.17, 15) is 39.5 Å². The summed E-state index contributed by atoms with van der Waals surface area (Å²) in [5, 5.41) is 0. The van der Waals surface area contributed by atoms with E-state index in [1.165, 1.54) is 0 Å². The van der Waals surface area contributed by atoms with Gasteiger partial charge in [-0.05, 0) is 56.4 Å². The second-order valence-corrected chi connectivity index (χ2v) is 10.5. The van der Waals surface area contributed by atoms with Crippen LogP contribution in [-0.2, 0) is 15.6 Å². The van der Waals surface area contributed by atoms with Crippen molar-refractivity contribution in [2.45, 2.75) is 64.0 Å².